The number of tetrazole rings is 1. The number of nitrogens with one attached hydrogen (secondary N) is 1. The van der Waals surface area contributed by atoms with Crippen molar-refractivity contribution in [3.63, 3.8) is 0 Å². The van der Waals surface area contributed by atoms with E-state index < -0.39 is 0 Å². The number of carbonyl (C=O) groups is 1. The number of hydrogen-bond donors (Lipinski definition) is 1. The molecule has 0 fully saturated rings. The number of amides is 1. The fourth-order valence-corrected chi connectivity index (χ4v) is 3.26. The number of para-hydroxylation sites is 1. The molecular formula is C16H13Cl2N5OS. The van der Waals surface area contributed by atoms with Gasteiger partial charge in [0.2, 0.25) is 11.1 Å². The Morgan fingerprint density at radius 1 is 1.20 bits per heavy atom. The molecule has 0 aliphatic carbocycles. The largest absolute Gasteiger partial charge is 0.324 e. The second-order valence-corrected chi connectivity index (χ2v) is 6.90. The van der Waals surface area contributed by atoms with Gasteiger partial charge in [0, 0.05) is 0 Å². The summed E-state index contributed by atoms with van der Waals surface area (Å²) in [5.74, 6) is -0.0719. The highest BCUT2D eigenvalue weighted by molar-refractivity contribution is 7.99. The molecule has 0 atom stereocenters. The molecule has 9 heteroatoms. The van der Waals surface area contributed by atoms with Crippen LogP contribution in [0.25, 0.3) is 5.69 Å². The summed E-state index contributed by atoms with van der Waals surface area (Å²) in [5, 5.41) is 15.8. The lowest BCUT2D eigenvalue weighted by Crippen LogP contribution is -2.15. The van der Waals surface area contributed by atoms with E-state index in [-0.39, 0.29) is 11.7 Å². The number of benzene rings is 2. The number of aryl methyl sites for hydroxylation is 1. The Kier molecular flexibility index (Phi) is 5.57. The first-order valence-electron chi connectivity index (χ1n) is 7.26. The summed E-state index contributed by atoms with van der Waals surface area (Å²) in [6.45, 7) is 1.95. The number of nitrogens with zero attached hydrogens (tertiary/aromatic N) is 4. The second kappa shape index (κ2) is 7.86. The van der Waals surface area contributed by atoms with Crippen LogP contribution >= 0.6 is 35.0 Å². The van der Waals surface area contributed by atoms with Crippen molar-refractivity contribution in [2.45, 2.75) is 12.1 Å². The number of aromatic nitrogens is 4. The van der Waals surface area contributed by atoms with Gasteiger partial charge in [0.25, 0.3) is 0 Å². The Hall–Kier alpha value is -2.09. The molecule has 1 amide bonds. The highest BCUT2D eigenvalue weighted by Gasteiger charge is 2.14. The minimum Gasteiger partial charge on any atom is -0.324 e. The summed E-state index contributed by atoms with van der Waals surface area (Å²) in [6.07, 6.45) is 0. The van der Waals surface area contributed by atoms with Gasteiger partial charge in [0.15, 0.2) is 0 Å². The van der Waals surface area contributed by atoms with E-state index in [1.54, 1.807) is 24.3 Å². The highest BCUT2D eigenvalue weighted by Crippen LogP contribution is 2.26. The molecule has 1 aromatic heterocycles. The average molecular weight is 394 g/mol. The van der Waals surface area contributed by atoms with E-state index in [0.29, 0.717) is 26.6 Å². The molecule has 0 spiro atoms. The molecule has 0 saturated carbocycles. The van der Waals surface area contributed by atoms with Crippen molar-refractivity contribution in [1.29, 1.82) is 0 Å². The first-order chi connectivity index (χ1) is 12.0. The van der Waals surface area contributed by atoms with Gasteiger partial charge in [-0.1, -0.05) is 53.2 Å². The van der Waals surface area contributed by atoms with Crippen molar-refractivity contribution in [3.8, 4) is 5.69 Å². The Labute approximate surface area is 158 Å². The minimum atomic E-state index is -0.206. The minimum absolute atomic E-state index is 0.134. The predicted octanol–water partition coefficient (Wildman–Crippen LogP) is 4.01. The zero-order valence-corrected chi connectivity index (χ0v) is 15.4. The average Bonchev–Trinajstić information content (AvgIpc) is 3.03. The van der Waals surface area contributed by atoms with E-state index in [2.05, 4.69) is 20.8 Å². The lowest BCUT2D eigenvalue weighted by molar-refractivity contribution is -0.113. The van der Waals surface area contributed by atoms with Crippen molar-refractivity contribution >= 4 is 46.6 Å². The number of anilines is 1. The summed E-state index contributed by atoms with van der Waals surface area (Å²) in [6, 6.07) is 12.6. The van der Waals surface area contributed by atoms with Crippen molar-refractivity contribution < 1.29 is 4.79 Å². The van der Waals surface area contributed by atoms with E-state index in [1.807, 2.05) is 25.1 Å². The molecule has 1 heterocycles. The monoisotopic (exact) mass is 393 g/mol. The molecule has 0 aliphatic heterocycles. The molecule has 0 saturated heterocycles. The Bertz CT molecular complexity index is 915. The molecule has 0 radical (unpaired) electrons. The summed E-state index contributed by atoms with van der Waals surface area (Å²) >= 11 is 13.5. The van der Waals surface area contributed by atoms with Crippen LogP contribution in [0.2, 0.25) is 10.0 Å². The van der Waals surface area contributed by atoms with Gasteiger partial charge in [0.05, 0.1) is 27.2 Å². The smallest absolute Gasteiger partial charge is 0.234 e. The number of halogens is 2. The van der Waals surface area contributed by atoms with Crippen LogP contribution in [0.5, 0.6) is 0 Å². The maximum absolute atomic E-state index is 12.1. The van der Waals surface area contributed by atoms with Gasteiger partial charge < -0.3 is 5.32 Å². The molecule has 0 aliphatic rings. The van der Waals surface area contributed by atoms with Gasteiger partial charge in [0.1, 0.15) is 0 Å². The van der Waals surface area contributed by atoms with Gasteiger partial charge in [-0.25, -0.2) is 0 Å². The van der Waals surface area contributed by atoms with Gasteiger partial charge in [-0.2, -0.15) is 4.68 Å². The Morgan fingerprint density at radius 3 is 2.76 bits per heavy atom. The molecule has 0 unspecified atom stereocenters. The van der Waals surface area contributed by atoms with Crippen LogP contribution in [-0.2, 0) is 4.79 Å². The summed E-state index contributed by atoms with van der Waals surface area (Å²) in [7, 11) is 0. The van der Waals surface area contributed by atoms with Crippen molar-refractivity contribution in [2.24, 2.45) is 0 Å². The molecular weight excluding hydrogens is 381 g/mol. The van der Waals surface area contributed by atoms with Crippen LogP contribution in [0.1, 0.15) is 5.56 Å². The van der Waals surface area contributed by atoms with Crippen LogP contribution in [0, 0.1) is 6.92 Å². The lowest BCUT2D eigenvalue weighted by Gasteiger charge is -2.08. The van der Waals surface area contributed by atoms with Crippen molar-refractivity contribution in [1.82, 2.24) is 20.2 Å². The topological polar surface area (TPSA) is 72.7 Å². The molecule has 0 bridgehead atoms. The maximum Gasteiger partial charge on any atom is 0.234 e. The van der Waals surface area contributed by atoms with Gasteiger partial charge >= 0.3 is 0 Å². The number of rotatable bonds is 5. The fourth-order valence-electron chi connectivity index (χ4n) is 2.08. The fraction of sp³-hybridized carbons (Fsp3) is 0.125. The third-order valence-electron chi connectivity index (χ3n) is 3.25. The molecule has 128 valence electrons. The van der Waals surface area contributed by atoms with Crippen LogP contribution in [0.3, 0.4) is 0 Å². The zero-order chi connectivity index (χ0) is 17.8. The Morgan fingerprint density at radius 2 is 2.00 bits per heavy atom. The van der Waals surface area contributed by atoms with Crippen molar-refractivity contribution in [3.05, 3.63) is 58.1 Å². The molecule has 6 nitrogen and oxygen atoms in total. The quantitative estimate of drug-likeness (QED) is 0.662. The zero-order valence-electron chi connectivity index (χ0n) is 13.1. The molecule has 2 aromatic carbocycles. The second-order valence-electron chi connectivity index (χ2n) is 5.14. The van der Waals surface area contributed by atoms with Gasteiger partial charge in [-0.05, 0) is 47.2 Å². The molecule has 3 aromatic rings. The number of thioether (sulfide) groups is 1. The van der Waals surface area contributed by atoms with Crippen LogP contribution in [0.4, 0.5) is 5.69 Å². The van der Waals surface area contributed by atoms with Crippen LogP contribution in [-0.4, -0.2) is 31.9 Å². The molecule has 1 N–H and O–H groups in total. The normalized spacial score (nSPS) is 10.7. The number of carbonyl (C=O) groups excluding carboxylic acids is 1. The van der Waals surface area contributed by atoms with Crippen LogP contribution in [0.15, 0.2) is 47.6 Å². The molecule has 25 heavy (non-hydrogen) atoms. The third-order valence-corrected chi connectivity index (χ3v) is 4.80. The van der Waals surface area contributed by atoms with E-state index in [9.17, 15) is 4.79 Å². The predicted molar refractivity (Wildman–Crippen MR) is 99.7 cm³/mol. The van der Waals surface area contributed by atoms with E-state index >= 15 is 0 Å². The molecule has 3 rings (SSSR count). The first-order valence-corrected chi connectivity index (χ1v) is 9.01. The summed E-state index contributed by atoms with van der Waals surface area (Å²) in [5.41, 5.74) is 2.26. The van der Waals surface area contributed by atoms with E-state index in [1.165, 1.54) is 16.4 Å². The van der Waals surface area contributed by atoms with Gasteiger partial charge in [-0.15, -0.1) is 5.10 Å². The Balaban J connectivity index is 1.69. The van der Waals surface area contributed by atoms with Gasteiger partial charge in [-0.3, -0.25) is 4.79 Å². The third kappa shape index (κ3) is 4.31. The lowest BCUT2D eigenvalue weighted by atomic mass is 10.2. The maximum atomic E-state index is 12.1. The SMILES string of the molecule is Cc1ccc(-n2nnnc2SCC(=O)Nc2ccccc2Cl)c(Cl)c1. The highest BCUT2D eigenvalue weighted by atomic mass is 35.5. The number of hydrogen-bond acceptors (Lipinski definition) is 5. The van der Waals surface area contributed by atoms with E-state index in [0.717, 1.165) is 5.56 Å². The summed E-state index contributed by atoms with van der Waals surface area (Å²) in [4.78, 5) is 12.1. The van der Waals surface area contributed by atoms with E-state index in [4.69, 9.17) is 23.2 Å². The first kappa shape index (κ1) is 17.7. The summed E-state index contributed by atoms with van der Waals surface area (Å²) < 4.78 is 1.51. The van der Waals surface area contributed by atoms with Crippen LogP contribution < -0.4 is 5.32 Å². The van der Waals surface area contributed by atoms with Crippen molar-refractivity contribution in [2.75, 3.05) is 11.1 Å². The standard InChI is InChI=1S/C16H13Cl2N5OS/c1-10-6-7-14(12(18)8-10)23-16(20-21-22-23)25-9-15(24)19-13-5-3-2-4-11(13)17/h2-8H,9H2,1H3,(H,19,24).